The van der Waals surface area contributed by atoms with Crippen LogP contribution in [0.25, 0.3) is 0 Å². The maximum absolute atomic E-state index is 13.3. The Labute approximate surface area is 93.6 Å². The highest BCUT2D eigenvalue weighted by Crippen LogP contribution is 2.25. The van der Waals surface area contributed by atoms with Crippen LogP contribution in [-0.4, -0.2) is 17.1 Å². The molecule has 1 aromatic rings. The van der Waals surface area contributed by atoms with Crippen molar-refractivity contribution in [1.82, 2.24) is 0 Å². The predicted octanol–water partition coefficient (Wildman–Crippen LogP) is 1.71. The molecule has 0 bridgehead atoms. The van der Waals surface area contributed by atoms with Crippen molar-refractivity contribution < 1.29 is 23.1 Å². The van der Waals surface area contributed by atoms with E-state index in [0.717, 1.165) is 0 Å². The lowest BCUT2D eigenvalue weighted by molar-refractivity contribution is -0.138. The van der Waals surface area contributed by atoms with Crippen molar-refractivity contribution in [1.29, 1.82) is 0 Å². The van der Waals surface area contributed by atoms with Crippen molar-refractivity contribution in [2.45, 2.75) is 12.5 Å². The van der Waals surface area contributed by atoms with Gasteiger partial charge in [-0.2, -0.15) is 0 Å². The summed E-state index contributed by atoms with van der Waals surface area (Å²) in [6, 6.07) is -0.866. The predicted molar refractivity (Wildman–Crippen MR) is 50.6 cm³/mol. The topological polar surface area (TPSA) is 63.3 Å². The summed E-state index contributed by atoms with van der Waals surface area (Å²) >= 11 is 5.17. The molecule has 7 heteroatoms. The summed E-state index contributed by atoms with van der Waals surface area (Å²) in [5.74, 6) is -5.43. The van der Waals surface area contributed by atoms with Gasteiger partial charge in [-0.15, -0.1) is 0 Å². The van der Waals surface area contributed by atoms with Gasteiger partial charge in [0.2, 0.25) is 0 Å². The molecule has 0 aromatic heterocycles. The number of carboxylic acid groups (broad SMARTS) is 1. The first-order chi connectivity index (χ1) is 7.34. The molecule has 1 rings (SSSR count). The summed E-state index contributed by atoms with van der Waals surface area (Å²) in [6.07, 6.45) is -0.474. The van der Waals surface area contributed by atoms with Crippen LogP contribution < -0.4 is 5.73 Å². The molecule has 16 heavy (non-hydrogen) atoms. The number of nitrogens with two attached hydrogens (primary N) is 1. The molecule has 3 nitrogen and oxygen atoms in total. The van der Waals surface area contributed by atoms with E-state index in [2.05, 4.69) is 0 Å². The molecule has 0 spiro atoms. The minimum absolute atomic E-state index is 0.376. The van der Waals surface area contributed by atoms with Crippen LogP contribution in [0.2, 0.25) is 5.02 Å². The van der Waals surface area contributed by atoms with E-state index in [1.165, 1.54) is 0 Å². The molecule has 0 aliphatic heterocycles. The summed E-state index contributed by atoms with van der Waals surface area (Å²) in [5.41, 5.74) is 4.75. The van der Waals surface area contributed by atoms with E-state index < -0.39 is 40.9 Å². The van der Waals surface area contributed by atoms with Gasteiger partial charge in [-0.1, -0.05) is 11.6 Å². The average Bonchev–Trinajstić information content (AvgIpc) is 2.22. The van der Waals surface area contributed by atoms with Crippen LogP contribution in [0.1, 0.15) is 5.56 Å². The lowest BCUT2D eigenvalue weighted by Crippen LogP contribution is -2.32. The van der Waals surface area contributed by atoms with Crippen molar-refractivity contribution in [3.05, 3.63) is 34.1 Å². The first kappa shape index (κ1) is 12.8. The second-order valence-corrected chi connectivity index (χ2v) is 3.49. The Morgan fingerprint density at radius 3 is 2.50 bits per heavy atom. The standard InChI is InChI=1S/C9H7ClF3NO2/c10-6-7(12)3(1-4(11)8(6)13)2-5(14)9(15)16/h1,5H,2,14H2,(H,15,16). The van der Waals surface area contributed by atoms with E-state index in [1.54, 1.807) is 0 Å². The number of hydrogen-bond acceptors (Lipinski definition) is 2. The Kier molecular flexibility index (Phi) is 3.77. The number of halogens is 4. The SMILES string of the molecule is NC(Cc1cc(F)c(F)c(Cl)c1F)C(=O)O. The van der Waals surface area contributed by atoms with Crippen LogP contribution in [0.3, 0.4) is 0 Å². The molecular formula is C9H7ClF3NO2. The molecule has 1 atom stereocenters. The first-order valence-corrected chi connectivity index (χ1v) is 4.52. The van der Waals surface area contributed by atoms with Crippen LogP contribution in [0.15, 0.2) is 6.07 Å². The normalized spacial score (nSPS) is 12.6. The number of benzene rings is 1. The van der Waals surface area contributed by atoms with E-state index in [1.807, 2.05) is 0 Å². The Morgan fingerprint density at radius 2 is 2.00 bits per heavy atom. The van der Waals surface area contributed by atoms with Gasteiger partial charge >= 0.3 is 5.97 Å². The molecule has 0 heterocycles. The zero-order valence-electron chi connectivity index (χ0n) is 7.81. The van der Waals surface area contributed by atoms with Gasteiger partial charge < -0.3 is 10.8 Å². The average molecular weight is 254 g/mol. The number of hydrogen-bond donors (Lipinski definition) is 2. The molecule has 88 valence electrons. The number of rotatable bonds is 3. The van der Waals surface area contributed by atoms with Gasteiger partial charge in [-0.3, -0.25) is 4.79 Å². The van der Waals surface area contributed by atoms with Crippen molar-refractivity contribution in [3.63, 3.8) is 0 Å². The summed E-state index contributed by atoms with van der Waals surface area (Å²) in [4.78, 5) is 10.4. The fourth-order valence-corrected chi connectivity index (χ4v) is 1.31. The first-order valence-electron chi connectivity index (χ1n) is 4.14. The van der Waals surface area contributed by atoms with Gasteiger partial charge in [0.1, 0.15) is 16.9 Å². The highest BCUT2D eigenvalue weighted by Gasteiger charge is 2.21. The molecule has 1 aromatic carbocycles. The van der Waals surface area contributed by atoms with E-state index in [9.17, 15) is 18.0 Å². The Hall–Kier alpha value is -1.27. The van der Waals surface area contributed by atoms with Gasteiger partial charge in [0.05, 0.1) is 0 Å². The number of aliphatic carboxylic acids is 1. The van der Waals surface area contributed by atoms with Gasteiger partial charge in [-0.05, 0) is 11.6 Å². The second kappa shape index (κ2) is 4.71. The molecule has 0 radical (unpaired) electrons. The van der Waals surface area contributed by atoms with Gasteiger partial charge in [0, 0.05) is 6.42 Å². The summed E-state index contributed by atoms with van der Waals surface area (Å²) < 4.78 is 38.9. The van der Waals surface area contributed by atoms with Crippen molar-refractivity contribution in [2.24, 2.45) is 5.73 Å². The van der Waals surface area contributed by atoms with Crippen LogP contribution in [0.4, 0.5) is 13.2 Å². The summed E-state index contributed by atoms with van der Waals surface area (Å²) in [5, 5.41) is 7.47. The molecule has 3 N–H and O–H groups in total. The fraction of sp³-hybridized carbons (Fsp3) is 0.222. The molecule has 0 aliphatic rings. The fourth-order valence-electron chi connectivity index (χ4n) is 1.09. The van der Waals surface area contributed by atoms with Crippen molar-refractivity contribution in [3.8, 4) is 0 Å². The van der Waals surface area contributed by atoms with Gasteiger partial charge in [0.25, 0.3) is 0 Å². The quantitative estimate of drug-likeness (QED) is 0.637. The number of carbonyl (C=O) groups is 1. The molecule has 0 saturated carbocycles. The maximum atomic E-state index is 13.3. The van der Waals surface area contributed by atoms with Crippen molar-refractivity contribution >= 4 is 17.6 Å². The van der Waals surface area contributed by atoms with Crippen LogP contribution in [0.5, 0.6) is 0 Å². The van der Waals surface area contributed by atoms with Crippen LogP contribution in [-0.2, 0) is 11.2 Å². The molecular weight excluding hydrogens is 247 g/mol. The molecule has 0 fully saturated rings. The Balaban J connectivity index is 3.11. The highest BCUT2D eigenvalue weighted by atomic mass is 35.5. The third-order valence-electron chi connectivity index (χ3n) is 1.93. The minimum Gasteiger partial charge on any atom is -0.480 e. The minimum atomic E-state index is -1.51. The van der Waals surface area contributed by atoms with Gasteiger partial charge in [0.15, 0.2) is 11.6 Å². The molecule has 0 saturated heterocycles. The molecule has 0 aliphatic carbocycles. The van der Waals surface area contributed by atoms with Crippen molar-refractivity contribution in [2.75, 3.05) is 0 Å². The van der Waals surface area contributed by atoms with Crippen LogP contribution >= 0.6 is 11.6 Å². The Morgan fingerprint density at radius 1 is 1.44 bits per heavy atom. The monoisotopic (exact) mass is 253 g/mol. The van der Waals surface area contributed by atoms with E-state index >= 15 is 0 Å². The second-order valence-electron chi connectivity index (χ2n) is 3.11. The van der Waals surface area contributed by atoms with E-state index in [4.69, 9.17) is 22.4 Å². The third kappa shape index (κ3) is 2.45. The van der Waals surface area contributed by atoms with E-state index in [0.29, 0.717) is 6.07 Å². The van der Waals surface area contributed by atoms with Crippen LogP contribution in [0, 0.1) is 17.5 Å². The maximum Gasteiger partial charge on any atom is 0.320 e. The summed E-state index contributed by atoms with van der Waals surface area (Å²) in [7, 11) is 0. The number of carboxylic acids is 1. The zero-order valence-corrected chi connectivity index (χ0v) is 8.56. The lowest BCUT2D eigenvalue weighted by atomic mass is 10.1. The highest BCUT2D eigenvalue weighted by molar-refractivity contribution is 6.31. The molecule has 1 unspecified atom stereocenters. The third-order valence-corrected chi connectivity index (χ3v) is 2.27. The van der Waals surface area contributed by atoms with E-state index in [-0.39, 0.29) is 5.56 Å². The van der Waals surface area contributed by atoms with Gasteiger partial charge in [-0.25, -0.2) is 13.2 Å². The lowest BCUT2D eigenvalue weighted by Gasteiger charge is -2.09. The summed E-state index contributed by atoms with van der Waals surface area (Å²) in [6.45, 7) is 0. The largest absolute Gasteiger partial charge is 0.480 e. The Bertz CT molecular complexity index is 439. The smallest absolute Gasteiger partial charge is 0.320 e. The zero-order chi connectivity index (χ0) is 12.5. The molecule has 0 amide bonds.